The Kier molecular flexibility index (Phi) is 5.57. The molecule has 10 heteroatoms. The number of aromatic nitrogens is 1. The van der Waals surface area contributed by atoms with Gasteiger partial charge in [-0.05, 0) is 49.7 Å². The van der Waals surface area contributed by atoms with Crippen LogP contribution < -0.4 is 14.9 Å². The van der Waals surface area contributed by atoms with Gasteiger partial charge in [-0.2, -0.15) is 0 Å². The van der Waals surface area contributed by atoms with Gasteiger partial charge in [0.1, 0.15) is 11.5 Å². The summed E-state index contributed by atoms with van der Waals surface area (Å²) in [5.41, 5.74) is 0.905. The van der Waals surface area contributed by atoms with Crippen LogP contribution in [0.4, 0.5) is 17.2 Å². The zero-order valence-electron chi connectivity index (χ0n) is 14.9. The highest BCUT2D eigenvalue weighted by Crippen LogP contribution is 2.28. The highest BCUT2D eigenvalue weighted by molar-refractivity contribution is 7.89. The molecule has 3 rings (SSSR count). The molecule has 9 nitrogen and oxygen atoms in total. The van der Waals surface area contributed by atoms with E-state index in [1.54, 1.807) is 6.20 Å². The van der Waals surface area contributed by atoms with Crippen molar-refractivity contribution in [3.05, 3.63) is 52.2 Å². The molecule has 0 spiro atoms. The van der Waals surface area contributed by atoms with E-state index < -0.39 is 14.9 Å². The minimum atomic E-state index is -3.75. The van der Waals surface area contributed by atoms with E-state index in [9.17, 15) is 18.5 Å². The van der Waals surface area contributed by atoms with Gasteiger partial charge in [-0.15, -0.1) is 0 Å². The van der Waals surface area contributed by atoms with Crippen molar-refractivity contribution in [2.24, 2.45) is 0 Å². The molecular weight excluding hydrogens is 370 g/mol. The molecular formula is C17H21N5O4S. The average molecular weight is 391 g/mol. The van der Waals surface area contributed by atoms with Crippen LogP contribution in [-0.4, -0.2) is 38.5 Å². The first-order chi connectivity index (χ1) is 12.9. The van der Waals surface area contributed by atoms with E-state index in [1.165, 1.54) is 19.2 Å². The second-order valence-corrected chi connectivity index (χ2v) is 8.10. The van der Waals surface area contributed by atoms with Gasteiger partial charge in [0.05, 0.1) is 9.82 Å². The highest BCUT2D eigenvalue weighted by Gasteiger charge is 2.20. The molecule has 1 aliphatic heterocycles. The molecule has 1 saturated heterocycles. The summed E-state index contributed by atoms with van der Waals surface area (Å²) in [5, 5.41) is 14.4. The number of nitrogens with one attached hydrogen (secondary N) is 2. The Labute approximate surface area is 157 Å². The molecule has 1 aromatic heterocycles. The molecule has 27 heavy (non-hydrogen) atoms. The molecule has 0 saturated carbocycles. The first-order valence-electron chi connectivity index (χ1n) is 8.56. The lowest BCUT2D eigenvalue weighted by Crippen LogP contribution is -2.19. The maximum absolute atomic E-state index is 11.9. The van der Waals surface area contributed by atoms with E-state index in [4.69, 9.17) is 0 Å². The molecule has 0 amide bonds. The molecule has 0 bridgehead atoms. The lowest BCUT2D eigenvalue weighted by Gasteiger charge is -2.17. The monoisotopic (exact) mass is 391 g/mol. The number of hydrogen-bond acceptors (Lipinski definition) is 7. The van der Waals surface area contributed by atoms with Crippen LogP contribution >= 0.6 is 0 Å². The Balaban J connectivity index is 1.79. The van der Waals surface area contributed by atoms with Crippen LogP contribution in [0.25, 0.3) is 0 Å². The van der Waals surface area contributed by atoms with Crippen molar-refractivity contribution in [1.82, 2.24) is 9.71 Å². The van der Waals surface area contributed by atoms with Gasteiger partial charge in [-0.1, -0.05) is 0 Å². The molecule has 0 unspecified atom stereocenters. The average Bonchev–Trinajstić information content (AvgIpc) is 3.21. The Hall–Kier alpha value is -2.72. The molecule has 0 atom stereocenters. The van der Waals surface area contributed by atoms with Crippen molar-refractivity contribution in [2.75, 3.05) is 30.4 Å². The first kappa shape index (κ1) is 19.1. The summed E-state index contributed by atoms with van der Waals surface area (Å²) in [6, 6.07) is 7.60. The van der Waals surface area contributed by atoms with Crippen molar-refractivity contribution >= 4 is 27.2 Å². The summed E-state index contributed by atoms with van der Waals surface area (Å²) in [6.45, 7) is 2.33. The molecule has 0 radical (unpaired) electrons. The van der Waals surface area contributed by atoms with Gasteiger partial charge >= 0.3 is 0 Å². The smallest absolute Gasteiger partial charge is 0.293 e. The molecule has 144 valence electrons. The Morgan fingerprint density at radius 1 is 1.22 bits per heavy atom. The fourth-order valence-corrected chi connectivity index (χ4v) is 3.73. The molecule has 0 aliphatic carbocycles. The van der Waals surface area contributed by atoms with Crippen LogP contribution in [0.15, 0.2) is 41.4 Å². The van der Waals surface area contributed by atoms with Crippen LogP contribution in [0.1, 0.15) is 18.4 Å². The Morgan fingerprint density at radius 2 is 1.96 bits per heavy atom. The second-order valence-electron chi connectivity index (χ2n) is 6.21. The van der Waals surface area contributed by atoms with E-state index in [2.05, 4.69) is 19.9 Å². The number of hydrogen-bond donors (Lipinski definition) is 2. The van der Waals surface area contributed by atoms with Crippen molar-refractivity contribution in [3.63, 3.8) is 0 Å². The zero-order chi connectivity index (χ0) is 19.4. The standard InChI is InChI=1S/C17H21N5O4S/c1-18-27(25,26)14-4-5-15(16(11-14)22(23)24)20-12-13-6-7-19-17(10-13)21-8-2-3-9-21/h4-7,10-11,18,20H,2-3,8-9,12H2,1H3. The number of nitro benzene ring substituents is 1. The van der Waals surface area contributed by atoms with E-state index in [-0.39, 0.29) is 16.3 Å². The van der Waals surface area contributed by atoms with Crippen molar-refractivity contribution in [1.29, 1.82) is 0 Å². The minimum absolute atomic E-state index is 0.150. The number of nitro groups is 1. The fourth-order valence-electron chi connectivity index (χ4n) is 2.98. The summed E-state index contributed by atoms with van der Waals surface area (Å²) >= 11 is 0. The van der Waals surface area contributed by atoms with Crippen LogP contribution in [0.2, 0.25) is 0 Å². The van der Waals surface area contributed by atoms with Crippen LogP contribution in [0.3, 0.4) is 0 Å². The molecule has 1 aromatic carbocycles. The number of rotatable bonds is 7. The third-order valence-corrected chi connectivity index (χ3v) is 5.88. The SMILES string of the molecule is CNS(=O)(=O)c1ccc(NCc2ccnc(N3CCCC3)c2)c([N+](=O)[O-])c1. The summed E-state index contributed by atoms with van der Waals surface area (Å²) < 4.78 is 25.9. The first-order valence-corrected chi connectivity index (χ1v) is 10.0. The van der Waals surface area contributed by atoms with E-state index >= 15 is 0 Å². The van der Waals surface area contributed by atoms with E-state index in [1.807, 2.05) is 12.1 Å². The lowest BCUT2D eigenvalue weighted by atomic mass is 10.2. The number of nitrogens with zero attached hydrogens (tertiary/aromatic N) is 3. The van der Waals surface area contributed by atoms with E-state index in [0.717, 1.165) is 43.4 Å². The number of sulfonamides is 1. The minimum Gasteiger partial charge on any atom is -0.375 e. The van der Waals surface area contributed by atoms with Gasteiger partial charge < -0.3 is 10.2 Å². The quantitative estimate of drug-likeness (QED) is 0.548. The largest absolute Gasteiger partial charge is 0.375 e. The normalized spacial score (nSPS) is 14.3. The van der Waals surface area contributed by atoms with Gasteiger partial charge in [0, 0.05) is 31.9 Å². The second kappa shape index (κ2) is 7.89. The molecule has 2 N–H and O–H groups in total. The van der Waals surface area contributed by atoms with Crippen LogP contribution in [-0.2, 0) is 16.6 Å². The number of benzene rings is 1. The third kappa shape index (κ3) is 4.34. The molecule has 2 heterocycles. The maximum atomic E-state index is 11.9. The Morgan fingerprint density at radius 3 is 2.63 bits per heavy atom. The van der Waals surface area contributed by atoms with Crippen LogP contribution in [0.5, 0.6) is 0 Å². The summed E-state index contributed by atoms with van der Waals surface area (Å²) in [6.07, 6.45) is 4.03. The molecule has 1 fully saturated rings. The van der Waals surface area contributed by atoms with Gasteiger partial charge in [0.25, 0.3) is 5.69 Å². The van der Waals surface area contributed by atoms with Gasteiger partial charge in [0.15, 0.2) is 0 Å². The van der Waals surface area contributed by atoms with Crippen molar-refractivity contribution in [2.45, 2.75) is 24.3 Å². The molecule has 2 aromatic rings. The summed E-state index contributed by atoms with van der Waals surface area (Å²) in [7, 11) is -2.49. The summed E-state index contributed by atoms with van der Waals surface area (Å²) in [4.78, 5) is 17.2. The van der Waals surface area contributed by atoms with Gasteiger partial charge in [0.2, 0.25) is 10.0 Å². The summed E-state index contributed by atoms with van der Waals surface area (Å²) in [5.74, 6) is 0.900. The van der Waals surface area contributed by atoms with E-state index in [0.29, 0.717) is 6.54 Å². The zero-order valence-corrected chi connectivity index (χ0v) is 15.7. The predicted molar refractivity (Wildman–Crippen MR) is 102 cm³/mol. The lowest BCUT2D eigenvalue weighted by molar-refractivity contribution is -0.384. The number of anilines is 2. The Bertz CT molecular complexity index is 942. The highest BCUT2D eigenvalue weighted by atomic mass is 32.2. The maximum Gasteiger partial charge on any atom is 0.293 e. The molecule has 1 aliphatic rings. The topological polar surface area (TPSA) is 117 Å². The van der Waals surface area contributed by atoms with Gasteiger partial charge in [-0.25, -0.2) is 18.1 Å². The van der Waals surface area contributed by atoms with Crippen LogP contribution in [0, 0.1) is 10.1 Å². The predicted octanol–water partition coefficient (Wildman–Crippen LogP) is 2.11. The van der Waals surface area contributed by atoms with Crippen molar-refractivity contribution < 1.29 is 13.3 Å². The van der Waals surface area contributed by atoms with Gasteiger partial charge in [-0.3, -0.25) is 10.1 Å². The third-order valence-electron chi connectivity index (χ3n) is 4.47. The van der Waals surface area contributed by atoms with Crippen molar-refractivity contribution in [3.8, 4) is 0 Å². The number of pyridine rings is 1. The fraction of sp³-hybridized carbons (Fsp3) is 0.353.